The summed E-state index contributed by atoms with van der Waals surface area (Å²) >= 11 is 0. The highest BCUT2D eigenvalue weighted by Gasteiger charge is 2.30. The molecule has 1 aromatic rings. The van der Waals surface area contributed by atoms with E-state index in [1.165, 1.54) is 0 Å². The first-order valence-corrected chi connectivity index (χ1v) is 5.59. The van der Waals surface area contributed by atoms with Crippen molar-refractivity contribution in [2.45, 2.75) is 12.8 Å². The van der Waals surface area contributed by atoms with Gasteiger partial charge in [0.1, 0.15) is 11.5 Å². The molecule has 1 heterocycles. The SMILES string of the molecule is C#C[C@@H]1c2cc(OC)ccc2OC[C@@H]1C(=C)C. The monoisotopic (exact) mass is 228 g/mol. The third-order valence-corrected chi connectivity index (χ3v) is 3.19. The van der Waals surface area contributed by atoms with Crippen molar-refractivity contribution in [2.24, 2.45) is 5.92 Å². The molecule has 2 nitrogen and oxygen atoms in total. The normalized spacial score (nSPS) is 21.9. The minimum absolute atomic E-state index is 0.0198. The average molecular weight is 228 g/mol. The molecule has 17 heavy (non-hydrogen) atoms. The van der Waals surface area contributed by atoms with Crippen LogP contribution in [0.2, 0.25) is 0 Å². The highest BCUT2D eigenvalue weighted by atomic mass is 16.5. The van der Waals surface area contributed by atoms with Crippen LogP contribution >= 0.6 is 0 Å². The van der Waals surface area contributed by atoms with Crippen molar-refractivity contribution >= 4 is 0 Å². The van der Waals surface area contributed by atoms with Crippen molar-refractivity contribution in [3.63, 3.8) is 0 Å². The van der Waals surface area contributed by atoms with Gasteiger partial charge >= 0.3 is 0 Å². The van der Waals surface area contributed by atoms with E-state index in [0.29, 0.717) is 6.61 Å². The first-order valence-electron chi connectivity index (χ1n) is 5.59. The second kappa shape index (κ2) is 4.55. The molecule has 2 atom stereocenters. The van der Waals surface area contributed by atoms with Crippen LogP contribution in [0.4, 0.5) is 0 Å². The average Bonchev–Trinajstić information content (AvgIpc) is 2.36. The van der Waals surface area contributed by atoms with Gasteiger partial charge in [0.25, 0.3) is 0 Å². The fraction of sp³-hybridized carbons (Fsp3) is 0.333. The van der Waals surface area contributed by atoms with Gasteiger partial charge in [-0.25, -0.2) is 0 Å². The maximum Gasteiger partial charge on any atom is 0.124 e. The van der Waals surface area contributed by atoms with E-state index in [4.69, 9.17) is 15.9 Å². The third-order valence-electron chi connectivity index (χ3n) is 3.19. The van der Waals surface area contributed by atoms with Gasteiger partial charge in [0.05, 0.1) is 19.6 Å². The molecule has 1 aliphatic heterocycles. The molecule has 0 saturated carbocycles. The van der Waals surface area contributed by atoms with Gasteiger partial charge in [-0.3, -0.25) is 0 Å². The highest BCUT2D eigenvalue weighted by Crippen LogP contribution is 2.40. The number of ether oxygens (including phenoxy) is 2. The molecule has 88 valence electrons. The molecule has 0 radical (unpaired) electrons. The van der Waals surface area contributed by atoms with E-state index < -0.39 is 0 Å². The number of fused-ring (bicyclic) bond motifs is 1. The predicted octanol–water partition coefficient (Wildman–Crippen LogP) is 3.00. The second-order valence-electron chi connectivity index (χ2n) is 4.31. The number of benzene rings is 1. The zero-order chi connectivity index (χ0) is 12.4. The molecular weight excluding hydrogens is 212 g/mol. The minimum Gasteiger partial charge on any atom is -0.497 e. The summed E-state index contributed by atoms with van der Waals surface area (Å²) in [4.78, 5) is 0. The predicted molar refractivity (Wildman–Crippen MR) is 68.4 cm³/mol. The Balaban J connectivity index is 2.46. The Kier molecular flexibility index (Phi) is 3.10. The molecule has 0 aliphatic carbocycles. The van der Waals surface area contributed by atoms with Crippen molar-refractivity contribution < 1.29 is 9.47 Å². The number of terminal acetylenes is 1. The maximum absolute atomic E-state index is 5.72. The number of methoxy groups -OCH3 is 1. The lowest BCUT2D eigenvalue weighted by Gasteiger charge is -2.31. The number of rotatable bonds is 2. The van der Waals surface area contributed by atoms with Gasteiger partial charge in [0.15, 0.2) is 0 Å². The van der Waals surface area contributed by atoms with Crippen molar-refractivity contribution in [1.82, 2.24) is 0 Å². The van der Waals surface area contributed by atoms with Gasteiger partial charge in [0.2, 0.25) is 0 Å². The summed E-state index contributed by atoms with van der Waals surface area (Å²) in [6.07, 6.45) is 5.65. The molecule has 0 fully saturated rings. The van der Waals surface area contributed by atoms with Gasteiger partial charge < -0.3 is 9.47 Å². The summed E-state index contributed by atoms with van der Waals surface area (Å²) in [6, 6.07) is 5.75. The standard InChI is InChI=1S/C15H16O2/c1-5-12-13-8-11(16-4)6-7-15(13)17-9-14(12)10(2)3/h1,6-8,12,14H,2,9H2,3-4H3/t12-,14-/m1/s1. The van der Waals surface area contributed by atoms with Gasteiger partial charge in [-0.05, 0) is 25.1 Å². The van der Waals surface area contributed by atoms with Crippen LogP contribution in [0.1, 0.15) is 18.4 Å². The van der Waals surface area contributed by atoms with E-state index in [1.807, 2.05) is 25.1 Å². The topological polar surface area (TPSA) is 18.5 Å². The van der Waals surface area contributed by atoms with E-state index >= 15 is 0 Å². The van der Waals surface area contributed by atoms with E-state index in [-0.39, 0.29) is 11.8 Å². The molecule has 0 amide bonds. The lowest BCUT2D eigenvalue weighted by atomic mass is 9.81. The van der Waals surface area contributed by atoms with Gasteiger partial charge in [-0.15, -0.1) is 6.42 Å². The van der Waals surface area contributed by atoms with E-state index in [9.17, 15) is 0 Å². The smallest absolute Gasteiger partial charge is 0.124 e. The maximum atomic E-state index is 5.72. The first-order chi connectivity index (χ1) is 8.17. The molecule has 0 N–H and O–H groups in total. The summed E-state index contributed by atoms with van der Waals surface area (Å²) in [7, 11) is 1.65. The summed E-state index contributed by atoms with van der Waals surface area (Å²) in [5.74, 6) is 4.70. The Labute approximate surface area is 102 Å². The Hall–Kier alpha value is -1.88. The van der Waals surface area contributed by atoms with Gasteiger partial charge in [0, 0.05) is 11.5 Å². The molecule has 1 aliphatic rings. The van der Waals surface area contributed by atoms with Crippen molar-refractivity contribution in [3.05, 3.63) is 35.9 Å². The van der Waals surface area contributed by atoms with Crippen LogP contribution in [-0.2, 0) is 0 Å². The van der Waals surface area contributed by atoms with Crippen LogP contribution in [0.15, 0.2) is 30.4 Å². The quantitative estimate of drug-likeness (QED) is 0.572. The van der Waals surface area contributed by atoms with Crippen LogP contribution in [0.5, 0.6) is 11.5 Å². The fourth-order valence-electron chi connectivity index (χ4n) is 2.15. The molecule has 0 unspecified atom stereocenters. The Morgan fingerprint density at radius 1 is 1.59 bits per heavy atom. The summed E-state index contributed by atoms with van der Waals surface area (Å²) < 4.78 is 10.9. The largest absolute Gasteiger partial charge is 0.497 e. The minimum atomic E-state index is 0.0198. The first kappa shape index (κ1) is 11.6. The number of hydrogen-bond acceptors (Lipinski definition) is 2. The van der Waals surface area contributed by atoms with Crippen LogP contribution in [0.3, 0.4) is 0 Å². The summed E-state index contributed by atoms with van der Waals surface area (Å²) in [5, 5.41) is 0. The third kappa shape index (κ3) is 2.01. The summed E-state index contributed by atoms with van der Waals surface area (Å²) in [5.41, 5.74) is 2.08. The molecule has 2 rings (SSSR count). The van der Waals surface area contributed by atoms with Crippen LogP contribution < -0.4 is 9.47 Å². The zero-order valence-electron chi connectivity index (χ0n) is 10.2. The summed E-state index contributed by atoms with van der Waals surface area (Å²) in [6.45, 7) is 6.58. The van der Waals surface area contributed by atoms with Gasteiger partial charge in [-0.2, -0.15) is 0 Å². The van der Waals surface area contributed by atoms with E-state index in [2.05, 4.69) is 12.5 Å². The van der Waals surface area contributed by atoms with Crippen molar-refractivity contribution in [1.29, 1.82) is 0 Å². The zero-order valence-corrected chi connectivity index (χ0v) is 10.2. The number of hydrogen-bond donors (Lipinski definition) is 0. The molecule has 0 aromatic heterocycles. The van der Waals surface area contributed by atoms with Gasteiger partial charge in [-0.1, -0.05) is 18.1 Å². The van der Waals surface area contributed by atoms with Crippen LogP contribution in [-0.4, -0.2) is 13.7 Å². The fourth-order valence-corrected chi connectivity index (χ4v) is 2.15. The Morgan fingerprint density at radius 2 is 2.35 bits per heavy atom. The second-order valence-corrected chi connectivity index (χ2v) is 4.31. The van der Waals surface area contributed by atoms with E-state index in [0.717, 1.165) is 22.6 Å². The van der Waals surface area contributed by atoms with Crippen molar-refractivity contribution in [3.8, 4) is 23.8 Å². The van der Waals surface area contributed by atoms with E-state index in [1.54, 1.807) is 7.11 Å². The molecule has 0 bridgehead atoms. The lowest BCUT2D eigenvalue weighted by Crippen LogP contribution is -2.25. The highest BCUT2D eigenvalue weighted by molar-refractivity contribution is 5.47. The molecule has 0 spiro atoms. The molecular formula is C15H16O2. The van der Waals surface area contributed by atoms with Crippen LogP contribution in [0.25, 0.3) is 0 Å². The van der Waals surface area contributed by atoms with Crippen molar-refractivity contribution in [2.75, 3.05) is 13.7 Å². The van der Waals surface area contributed by atoms with Crippen LogP contribution in [0, 0.1) is 18.3 Å². The Morgan fingerprint density at radius 3 is 2.94 bits per heavy atom. The molecule has 1 aromatic carbocycles. The molecule has 2 heteroatoms. The molecule has 0 saturated heterocycles. The Bertz CT molecular complexity index is 482. The lowest BCUT2D eigenvalue weighted by molar-refractivity contribution is 0.232.